The van der Waals surface area contributed by atoms with Crippen molar-refractivity contribution in [2.75, 3.05) is 31.2 Å². The molecule has 13 heteroatoms. The van der Waals surface area contributed by atoms with E-state index in [4.69, 9.17) is 24.6 Å². The monoisotopic (exact) mass is 591 g/mol. The number of imidazole rings is 1. The molecular weight excluding hydrogens is 567 g/mol. The number of alkyl halides is 3. The third kappa shape index (κ3) is 6.62. The van der Waals surface area contributed by atoms with E-state index in [9.17, 15) is 23.1 Å². The van der Waals surface area contributed by atoms with Crippen LogP contribution >= 0.6 is 0 Å². The zero-order chi connectivity index (χ0) is 30.6. The number of aromatic nitrogens is 4. The van der Waals surface area contributed by atoms with Gasteiger partial charge in [-0.1, -0.05) is 36.4 Å². The highest BCUT2D eigenvalue weighted by Crippen LogP contribution is 2.31. The molecule has 0 bridgehead atoms. The van der Waals surface area contributed by atoms with E-state index < -0.39 is 18.1 Å². The Morgan fingerprint density at radius 1 is 0.884 bits per heavy atom. The standard InChI is InChI=1S/C28H23N5O3.C2HF3O2/c34-28(35)21-7-5-20(6-8-21)26-24(12-11-22-10-9-19-3-1-2-4-23(19)30-22)31-27-25(13-14-29-33(26)27)32-15-17-36-18-16-32;3-2(4,5)1(6)7/h1-14H,15-18H2,(H,34,35);(H,6,7). The summed E-state index contributed by atoms with van der Waals surface area (Å²) in [6, 6.07) is 20.8. The van der Waals surface area contributed by atoms with Crippen molar-refractivity contribution in [3.05, 3.63) is 89.9 Å². The average molecular weight is 592 g/mol. The zero-order valence-electron chi connectivity index (χ0n) is 22.4. The molecule has 0 amide bonds. The fourth-order valence-corrected chi connectivity index (χ4v) is 4.50. The molecule has 1 saturated heterocycles. The summed E-state index contributed by atoms with van der Waals surface area (Å²) in [5.41, 5.74) is 6.03. The summed E-state index contributed by atoms with van der Waals surface area (Å²) in [7, 11) is 0. The summed E-state index contributed by atoms with van der Waals surface area (Å²) in [6.45, 7) is 2.89. The Kier molecular flexibility index (Phi) is 8.34. The first-order valence-electron chi connectivity index (χ1n) is 13.0. The van der Waals surface area contributed by atoms with Gasteiger partial charge in [-0.15, -0.1) is 0 Å². The van der Waals surface area contributed by atoms with Crippen molar-refractivity contribution in [1.29, 1.82) is 0 Å². The number of carbonyl (C=O) groups is 2. The lowest BCUT2D eigenvalue weighted by Gasteiger charge is -2.28. The van der Waals surface area contributed by atoms with Gasteiger partial charge in [0.1, 0.15) is 5.69 Å². The smallest absolute Gasteiger partial charge is 0.478 e. The van der Waals surface area contributed by atoms with Crippen LogP contribution in [-0.4, -0.2) is 74.2 Å². The number of carboxylic acids is 2. The van der Waals surface area contributed by atoms with Crippen LogP contribution in [0.2, 0.25) is 0 Å². The molecule has 6 rings (SSSR count). The van der Waals surface area contributed by atoms with Gasteiger partial charge in [-0.3, -0.25) is 0 Å². The number of rotatable bonds is 5. The predicted molar refractivity (Wildman–Crippen MR) is 153 cm³/mol. The van der Waals surface area contributed by atoms with Gasteiger partial charge in [-0.25, -0.2) is 24.1 Å². The Bertz CT molecular complexity index is 1810. The highest BCUT2D eigenvalue weighted by molar-refractivity contribution is 5.89. The lowest BCUT2D eigenvalue weighted by atomic mass is 10.1. The normalized spacial score (nSPS) is 13.7. The zero-order valence-corrected chi connectivity index (χ0v) is 22.4. The fourth-order valence-electron chi connectivity index (χ4n) is 4.50. The quantitative estimate of drug-likeness (QED) is 0.280. The van der Waals surface area contributed by atoms with E-state index in [0.29, 0.717) is 13.2 Å². The highest BCUT2D eigenvalue weighted by atomic mass is 19.4. The van der Waals surface area contributed by atoms with Crippen LogP contribution in [0.4, 0.5) is 18.9 Å². The van der Waals surface area contributed by atoms with Gasteiger partial charge in [0, 0.05) is 24.0 Å². The molecule has 1 fully saturated rings. The molecule has 0 spiro atoms. The summed E-state index contributed by atoms with van der Waals surface area (Å²) in [5.74, 6) is -3.72. The van der Waals surface area contributed by atoms with Gasteiger partial charge in [0.2, 0.25) is 0 Å². The highest BCUT2D eigenvalue weighted by Gasteiger charge is 2.38. The van der Waals surface area contributed by atoms with Crippen molar-refractivity contribution in [1.82, 2.24) is 19.6 Å². The molecule has 0 aliphatic carbocycles. The molecule has 43 heavy (non-hydrogen) atoms. The van der Waals surface area contributed by atoms with Crippen molar-refractivity contribution in [3.63, 3.8) is 0 Å². The van der Waals surface area contributed by atoms with Crippen LogP contribution in [0.5, 0.6) is 0 Å². The molecular formula is C30H24F3N5O5. The van der Waals surface area contributed by atoms with Crippen molar-refractivity contribution < 1.29 is 37.7 Å². The number of para-hydroxylation sites is 1. The summed E-state index contributed by atoms with van der Waals surface area (Å²) in [6.07, 6.45) is 0.569. The topological polar surface area (TPSA) is 130 Å². The second-order valence-corrected chi connectivity index (χ2v) is 9.34. The number of carboxylic acid groups (broad SMARTS) is 2. The number of anilines is 1. The van der Waals surface area contributed by atoms with Crippen molar-refractivity contribution >= 4 is 46.3 Å². The molecule has 220 valence electrons. The van der Waals surface area contributed by atoms with Gasteiger partial charge in [0.15, 0.2) is 5.65 Å². The molecule has 10 nitrogen and oxygen atoms in total. The maximum atomic E-state index is 11.4. The van der Waals surface area contributed by atoms with Crippen LogP contribution in [-0.2, 0) is 9.53 Å². The number of pyridine rings is 1. The number of aromatic carboxylic acids is 1. The van der Waals surface area contributed by atoms with Gasteiger partial charge in [0.25, 0.3) is 0 Å². The Morgan fingerprint density at radius 3 is 2.26 bits per heavy atom. The second kappa shape index (κ2) is 12.3. The first kappa shape index (κ1) is 29.2. The van der Waals surface area contributed by atoms with Crippen LogP contribution in [0.15, 0.2) is 72.9 Å². The lowest BCUT2D eigenvalue weighted by molar-refractivity contribution is -0.192. The van der Waals surface area contributed by atoms with Crippen molar-refractivity contribution in [2.45, 2.75) is 6.18 Å². The third-order valence-corrected chi connectivity index (χ3v) is 6.56. The number of aliphatic carboxylic acids is 1. The summed E-state index contributed by atoms with van der Waals surface area (Å²) in [5, 5.41) is 22.2. The Morgan fingerprint density at radius 2 is 1.58 bits per heavy atom. The first-order valence-corrected chi connectivity index (χ1v) is 13.0. The van der Waals surface area contributed by atoms with Crippen LogP contribution in [0.3, 0.4) is 0 Å². The molecule has 4 heterocycles. The molecule has 0 unspecified atom stereocenters. The minimum Gasteiger partial charge on any atom is -0.478 e. The van der Waals surface area contributed by atoms with Crippen LogP contribution in [0.25, 0.3) is 40.0 Å². The molecule has 2 N–H and O–H groups in total. The van der Waals surface area contributed by atoms with Gasteiger partial charge >= 0.3 is 18.1 Å². The SMILES string of the molecule is O=C(O)C(F)(F)F.O=C(O)c1ccc(-c2c(C=Cc3ccc4ccccc4n3)nc3c(N4CCOCC4)ccnn23)cc1. The van der Waals surface area contributed by atoms with E-state index in [1.807, 2.05) is 53.1 Å². The Labute approximate surface area is 242 Å². The van der Waals surface area contributed by atoms with Crippen LogP contribution < -0.4 is 4.90 Å². The van der Waals surface area contributed by atoms with E-state index >= 15 is 0 Å². The molecule has 3 aromatic heterocycles. The number of ether oxygens (including phenoxy) is 1. The molecule has 0 saturated carbocycles. The predicted octanol–water partition coefficient (Wildman–Crippen LogP) is 5.28. The lowest BCUT2D eigenvalue weighted by Crippen LogP contribution is -2.36. The van der Waals surface area contributed by atoms with E-state index in [2.05, 4.69) is 16.1 Å². The van der Waals surface area contributed by atoms with E-state index in [0.717, 1.165) is 58.0 Å². The molecule has 0 radical (unpaired) electrons. The molecule has 2 aromatic carbocycles. The summed E-state index contributed by atoms with van der Waals surface area (Å²) >= 11 is 0. The van der Waals surface area contributed by atoms with Gasteiger partial charge in [-0.2, -0.15) is 18.3 Å². The van der Waals surface area contributed by atoms with Crippen molar-refractivity contribution in [2.24, 2.45) is 0 Å². The fraction of sp³-hybridized carbons (Fsp3) is 0.167. The van der Waals surface area contributed by atoms with E-state index in [-0.39, 0.29) is 5.56 Å². The molecule has 1 aliphatic heterocycles. The van der Waals surface area contributed by atoms with Crippen molar-refractivity contribution in [3.8, 4) is 11.3 Å². The van der Waals surface area contributed by atoms with Crippen LogP contribution in [0, 0.1) is 0 Å². The second-order valence-electron chi connectivity index (χ2n) is 9.34. The molecule has 5 aromatic rings. The first-order chi connectivity index (χ1) is 20.6. The number of halogens is 3. The third-order valence-electron chi connectivity index (χ3n) is 6.56. The van der Waals surface area contributed by atoms with Crippen LogP contribution in [0.1, 0.15) is 21.7 Å². The maximum Gasteiger partial charge on any atom is 0.490 e. The number of nitrogens with zero attached hydrogens (tertiary/aromatic N) is 5. The van der Waals surface area contributed by atoms with Gasteiger partial charge in [-0.05, 0) is 42.5 Å². The molecule has 0 atom stereocenters. The maximum absolute atomic E-state index is 11.4. The average Bonchev–Trinajstić information content (AvgIpc) is 3.39. The van der Waals surface area contributed by atoms with E-state index in [1.54, 1.807) is 30.5 Å². The number of benzene rings is 2. The summed E-state index contributed by atoms with van der Waals surface area (Å²) < 4.78 is 39.1. The van der Waals surface area contributed by atoms with E-state index in [1.165, 1.54) is 0 Å². The van der Waals surface area contributed by atoms with Gasteiger partial charge in [0.05, 0.1) is 47.6 Å². The van der Waals surface area contributed by atoms with Gasteiger partial charge < -0.3 is 19.8 Å². The number of fused-ring (bicyclic) bond motifs is 2. The number of morpholine rings is 1. The number of hydrogen-bond acceptors (Lipinski definition) is 7. The Balaban J connectivity index is 0.000000472. The number of hydrogen-bond donors (Lipinski definition) is 2. The minimum absolute atomic E-state index is 0.229. The molecule has 1 aliphatic rings. The Hall–Kier alpha value is -5.30. The largest absolute Gasteiger partial charge is 0.490 e. The minimum atomic E-state index is -5.08. The summed E-state index contributed by atoms with van der Waals surface area (Å²) in [4.78, 5) is 32.3.